The lowest BCUT2D eigenvalue weighted by atomic mass is 10.1. The van der Waals surface area contributed by atoms with Gasteiger partial charge in [0.2, 0.25) is 0 Å². The fraction of sp³-hybridized carbons (Fsp3) is 0.263. The highest BCUT2D eigenvalue weighted by Gasteiger charge is 2.06. The van der Waals surface area contributed by atoms with E-state index < -0.39 is 5.97 Å². The van der Waals surface area contributed by atoms with Gasteiger partial charge in [-0.05, 0) is 42.3 Å². The van der Waals surface area contributed by atoms with E-state index in [-0.39, 0.29) is 6.03 Å². The summed E-state index contributed by atoms with van der Waals surface area (Å²) in [6.07, 6.45) is 0.895. The van der Waals surface area contributed by atoms with Gasteiger partial charge in [0.05, 0.1) is 19.2 Å². The van der Waals surface area contributed by atoms with E-state index in [2.05, 4.69) is 22.3 Å². The van der Waals surface area contributed by atoms with Crippen LogP contribution in [0.25, 0.3) is 0 Å². The van der Waals surface area contributed by atoms with E-state index in [1.54, 1.807) is 24.3 Å². The van der Waals surface area contributed by atoms with Crippen molar-refractivity contribution in [3.63, 3.8) is 0 Å². The Labute approximate surface area is 147 Å². The highest BCUT2D eigenvalue weighted by Crippen LogP contribution is 2.17. The third kappa shape index (κ3) is 5.53. The maximum Gasteiger partial charge on any atom is 0.337 e. The zero-order valence-corrected chi connectivity index (χ0v) is 14.4. The molecule has 0 bridgehead atoms. The van der Waals surface area contributed by atoms with Gasteiger partial charge in [0.1, 0.15) is 12.4 Å². The second kappa shape index (κ2) is 9.32. The third-order valence-electron chi connectivity index (χ3n) is 3.56. The van der Waals surface area contributed by atoms with Crippen LogP contribution >= 0.6 is 0 Å². The molecule has 0 atom stereocenters. The number of ether oxygens (including phenoxy) is 2. The van der Waals surface area contributed by atoms with Crippen molar-refractivity contribution in [3.05, 3.63) is 59.7 Å². The Balaban J connectivity index is 1.74. The quantitative estimate of drug-likeness (QED) is 0.598. The van der Waals surface area contributed by atoms with E-state index in [1.165, 1.54) is 7.11 Å². The predicted molar refractivity (Wildman–Crippen MR) is 96.1 cm³/mol. The zero-order valence-electron chi connectivity index (χ0n) is 14.4. The molecule has 0 saturated carbocycles. The molecule has 0 aliphatic rings. The second-order valence-electron chi connectivity index (χ2n) is 5.26. The third-order valence-corrected chi connectivity index (χ3v) is 3.56. The summed E-state index contributed by atoms with van der Waals surface area (Å²) in [7, 11) is 1.32. The van der Waals surface area contributed by atoms with Crippen LogP contribution < -0.4 is 15.4 Å². The second-order valence-corrected chi connectivity index (χ2v) is 5.26. The number of esters is 1. The number of hydrogen-bond donors (Lipinski definition) is 2. The molecule has 0 radical (unpaired) electrons. The zero-order chi connectivity index (χ0) is 18.1. The molecule has 2 aromatic rings. The van der Waals surface area contributed by atoms with Gasteiger partial charge in [0.25, 0.3) is 0 Å². The van der Waals surface area contributed by atoms with Crippen molar-refractivity contribution >= 4 is 17.7 Å². The number of benzene rings is 2. The fourth-order valence-electron chi connectivity index (χ4n) is 2.25. The summed E-state index contributed by atoms with van der Waals surface area (Å²) in [6.45, 7) is 2.83. The van der Waals surface area contributed by atoms with Crippen LogP contribution in [-0.4, -0.2) is 32.3 Å². The lowest BCUT2D eigenvalue weighted by Crippen LogP contribution is -2.32. The highest BCUT2D eigenvalue weighted by atomic mass is 16.5. The minimum Gasteiger partial charge on any atom is -0.491 e. The first kappa shape index (κ1) is 18.3. The van der Waals surface area contributed by atoms with Gasteiger partial charge in [-0.2, -0.15) is 0 Å². The molecule has 0 aromatic heterocycles. The van der Waals surface area contributed by atoms with Crippen LogP contribution in [0.15, 0.2) is 48.5 Å². The first-order valence-electron chi connectivity index (χ1n) is 8.08. The molecule has 2 amide bonds. The number of urea groups is 1. The topological polar surface area (TPSA) is 76.7 Å². The molecule has 0 fully saturated rings. The molecule has 2 rings (SSSR count). The summed E-state index contributed by atoms with van der Waals surface area (Å²) in [6, 6.07) is 14.0. The van der Waals surface area contributed by atoms with Gasteiger partial charge in [-0.3, -0.25) is 0 Å². The van der Waals surface area contributed by atoms with Gasteiger partial charge < -0.3 is 20.1 Å². The van der Waals surface area contributed by atoms with Gasteiger partial charge in [0.15, 0.2) is 0 Å². The minimum absolute atomic E-state index is 0.335. The predicted octanol–water partition coefficient (Wildman–Crippen LogP) is 3.24. The monoisotopic (exact) mass is 342 g/mol. The maximum absolute atomic E-state index is 11.9. The summed E-state index contributed by atoms with van der Waals surface area (Å²) in [5, 5.41) is 5.41. The van der Waals surface area contributed by atoms with Crippen molar-refractivity contribution < 1.29 is 19.1 Å². The van der Waals surface area contributed by atoms with E-state index in [1.807, 2.05) is 24.3 Å². The summed E-state index contributed by atoms with van der Waals surface area (Å²) < 4.78 is 10.3. The molecular formula is C19H22N2O4. The van der Waals surface area contributed by atoms with Crippen LogP contribution in [0.4, 0.5) is 10.5 Å². The van der Waals surface area contributed by atoms with Crippen LogP contribution in [0, 0.1) is 0 Å². The molecule has 0 unspecified atom stereocenters. The van der Waals surface area contributed by atoms with Crippen molar-refractivity contribution in [2.24, 2.45) is 0 Å². The molecular weight excluding hydrogens is 320 g/mol. The molecule has 2 aromatic carbocycles. The van der Waals surface area contributed by atoms with Gasteiger partial charge in [-0.1, -0.05) is 25.1 Å². The molecule has 0 saturated heterocycles. The average Bonchev–Trinajstić information content (AvgIpc) is 2.65. The lowest BCUT2D eigenvalue weighted by molar-refractivity contribution is 0.0600. The summed E-state index contributed by atoms with van der Waals surface area (Å²) in [5.74, 6) is 0.422. The normalized spacial score (nSPS) is 10.0. The van der Waals surface area contributed by atoms with E-state index in [4.69, 9.17) is 4.74 Å². The largest absolute Gasteiger partial charge is 0.491 e. The van der Waals surface area contributed by atoms with Crippen LogP contribution in [-0.2, 0) is 11.2 Å². The van der Waals surface area contributed by atoms with E-state index in [0.29, 0.717) is 24.4 Å². The number of carbonyl (C=O) groups excluding carboxylic acids is 2. The smallest absolute Gasteiger partial charge is 0.337 e. The van der Waals surface area contributed by atoms with Crippen molar-refractivity contribution in [2.45, 2.75) is 13.3 Å². The van der Waals surface area contributed by atoms with Crippen molar-refractivity contribution in [2.75, 3.05) is 25.6 Å². The van der Waals surface area contributed by atoms with E-state index in [0.717, 1.165) is 17.7 Å². The molecule has 0 aliphatic carbocycles. The van der Waals surface area contributed by atoms with Gasteiger partial charge in [-0.25, -0.2) is 9.59 Å². The fourth-order valence-corrected chi connectivity index (χ4v) is 2.25. The number of nitrogens with one attached hydrogen (secondary N) is 2. The number of hydrogen-bond acceptors (Lipinski definition) is 4. The molecule has 6 nitrogen and oxygen atoms in total. The van der Waals surface area contributed by atoms with Crippen molar-refractivity contribution in [3.8, 4) is 5.75 Å². The SMILES string of the molecule is CCc1ccccc1OCCNC(=O)Nc1ccc(C(=O)OC)cc1. The van der Waals surface area contributed by atoms with Crippen LogP contribution in [0.2, 0.25) is 0 Å². The number of methoxy groups -OCH3 is 1. The number of aryl methyl sites for hydroxylation is 1. The molecule has 6 heteroatoms. The van der Waals surface area contributed by atoms with Crippen molar-refractivity contribution in [1.82, 2.24) is 5.32 Å². The Morgan fingerprint density at radius 3 is 2.44 bits per heavy atom. The molecule has 0 aliphatic heterocycles. The first-order chi connectivity index (χ1) is 12.1. The van der Waals surface area contributed by atoms with Gasteiger partial charge in [0, 0.05) is 5.69 Å². The molecule has 2 N–H and O–H groups in total. The Kier molecular flexibility index (Phi) is 6.83. The van der Waals surface area contributed by atoms with Crippen LogP contribution in [0.5, 0.6) is 5.75 Å². The first-order valence-corrected chi connectivity index (χ1v) is 8.08. The maximum atomic E-state index is 11.9. The van der Waals surface area contributed by atoms with E-state index >= 15 is 0 Å². The summed E-state index contributed by atoms with van der Waals surface area (Å²) in [4.78, 5) is 23.2. The van der Waals surface area contributed by atoms with Crippen LogP contribution in [0.1, 0.15) is 22.8 Å². The summed E-state index contributed by atoms with van der Waals surface area (Å²) >= 11 is 0. The highest BCUT2D eigenvalue weighted by molar-refractivity contribution is 5.92. The Hall–Kier alpha value is -3.02. The Morgan fingerprint density at radius 2 is 1.76 bits per heavy atom. The molecule has 0 heterocycles. The standard InChI is InChI=1S/C19H22N2O4/c1-3-14-6-4-5-7-17(14)25-13-12-20-19(23)21-16-10-8-15(9-11-16)18(22)24-2/h4-11H,3,12-13H2,1-2H3,(H2,20,21,23). The number of anilines is 1. The molecule has 25 heavy (non-hydrogen) atoms. The van der Waals surface area contributed by atoms with E-state index in [9.17, 15) is 9.59 Å². The van der Waals surface area contributed by atoms with Gasteiger partial charge >= 0.3 is 12.0 Å². The molecule has 132 valence electrons. The number of amides is 2. The van der Waals surface area contributed by atoms with Gasteiger partial charge in [-0.15, -0.1) is 0 Å². The lowest BCUT2D eigenvalue weighted by Gasteiger charge is -2.11. The van der Waals surface area contributed by atoms with Crippen LogP contribution in [0.3, 0.4) is 0 Å². The Bertz CT molecular complexity index is 714. The number of rotatable bonds is 7. The number of carbonyl (C=O) groups is 2. The molecule has 0 spiro atoms. The average molecular weight is 342 g/mol. The Morgan fingerprint density at radius 1 is 1.04 bits per heavy atom. The summed E-state index contributed by atoms with van der Waals surface area (Å²) in [5.41, 5.74) is 2.15. The van der Waals surface area contributed by atoms with Crippen molar-refractivity contribution in [1.29, 1.82) is 0 Å². The number of para-hydroxylation sites is 1. The minimum atomic E-state index is -0.416.